The number of hydrogen-bond donors (Lipinski definition) is 0. The molecule has 0 saturated carbocycles. The van der Waals surface area contributed by atoms with Crippen LogP contribution in [-0.2, 0) is 24.1 Å². The Morgan fingerprint density at radius 2 is 1.68 bits per heavy atom. The molecule has 2 aromatic rings. The highest BCUT2D eigenvalue weighted by Gasteiger charge is 2.33. The standard InChI is InChI=1S/C15H12F3O/c16-15(17,18)14-9-5-4-8-13(14)11-19-10-12-6-2-1-3-7-12/h1-8H,10-11H2. The predicted octanol–water partition coefficient (Wildman–Crippen LogP) is 4.22. The molecule has 0 fully saturated rings. The van der Waals surface area contributed by atoms with Gasteiger partial charge in [0.15, 0.2) is 0 Å². The molecule has 0 aliphatic rings. The average molecular weight is 265 g/mol. The van der Waals surface area contributed by atoms with Crippen molar-refractivity contribution < 1.29 is 17.9 Å². The van der Waals surface area contributed by atoms with Crippen LogP contribution in [0.4, 0.5) is 13.2 Å². The van der Waals surface area contributed by atoms with Crippen molar-refractivity contribution in [2.45, 2.75) is 19.4 Å². The van der Waals surface area contributed by atoms with Crippen molar-refractivity contribution in [2.24, 2.45) is 0 Å². The summed E-state index contributed by atoms with van der Waals surface area (Å²) < 4.78 is 43.5. The second kappa shape index (κ2) is 5.89. The smallest absolute Gasteiger partial charge is 0.372 e. The predicted molar refractivity (Wildman–Crippen MR) is 65.2 cm³/mol. The van der Waals surface area contributed by atoms with E-state index in [-0.39, 0.29) is 18.8 Å². The highest BCUT2D eigenvalue weighted by Crippen LogP contribution is 2.31. The summed E-state index contributed by atoms with van der Waals surface area (Å²) in [7, 11) is 0. The van der Waals surface area contributed by atoms with E-state index in [1.54, 1.807) is 0 Å². The summed E-state index contributed by atoms with van der Waals surface area (Å²) in [6.45, 7) is 0.202. The summed E-state index contributed by atoms with van der Waals surface area (Å²) in [5.41, 5.74) is 0.268. The van der Waals surface area contributed by atoms with E-state index >= 15 is 0 Å². The van der Waals surface area contributed by atoms with Crippen molar-refractivity contribution in [1.29, 1.82) is 0 Å². The van der Waals surface area contributed by atoms with Gasteiger partial charge in [0.2, 0.25) is 0 Å². The third-order valence-electron chi connectivity index (χ3n) is 2.60. The zero-order chi connectivity index (χ0) is 13.7. The maximum atomic E-state index is 12.7. The van der Waals surface area contributed by atoms with Crippen molar-refractivity contribution in [2.75, 3.05) is 0 Å². The molecule has 0 aliphatic carbocycles. The normalized spacial score (nSPS) is 11.5. The Hall–Kier alpha value is -1.81. The van der Waals surface area contributed by atoms with Crippen LogP contribution in [0.5, 0.6) is 0 Å². The molecular formula is C15H12F3O. The van der Waals surface area contributed by atoms with Crippen LogP contribution in [0, 0.1) is 6.07 Å². The first-order chi connectivity index (χ1) is 9.07. The van der Waals surface area contributed by atoms with Gasteiger partial charge in [0.25, 0.3) is 0 Å². The quantitative estimate of drug-likeness (QED) is 0.804. The highest BCUT2D eigenvalue weighted by atomic mass is 19.4. The first-order valence-electron chi connectivity index (χ1n) is 5.76. The minimum atomic E-state index is -4.40. The first kappa shape index (κ1) is 13.6. The van der Waals surface area contributed by atoms with E-state index in [0.29, 0.717) is 0 Å². The molecule has 0 unspecified atom stereocenters. The summed E-state index contributed by atoms with van der Waals surface area (Å²) in [5, 5.41) is 0. The van der Waals surface area contributed by atoms with E-state index in [4.69, 9.17) is 4.74 Å². The summed E-state index contributed by atoms with van der Waals surface area (Å²) >= 11 is 0. The largest absolute Gasteiger partial charge is 0.417 e. The molecule has 0 bridgehead atoms. The van der Waals surface area contributed by atoms with Gasteiger partial charge < -0.3 is 4.74 Å². The van der Waals surface area contributed by atoms with Gasteiger partial charge in [0, 0.05) is 0 Å². The number of rotatable bonds is 4. The SMILES string of the molecule is FC(F)(F)c1[c]cccc1COCc1ccccc1. The van der Waals surface area contributed by atoms with Gasteiger partial charge in [-0.05, 0) is 17.2 Å². The van der Waals surface area contributed by atoms with Gasteiger partial charge >= 0.3 is 6.18 Å². The number of alkyl halides is 3. The lowest BCUT2D eigenvalue weighted by atomic mass is 10.1. The minimum absolute atomic E-state index is 0.0823. The molecule has 0 saturated heterocycles. The zero-order valence-corrected chi connectivity index (χ0v) is 10.1. The average Bonchev–Trinajstić information content (AvgIpc) is 2.39. The van der Waals surface area contributed by atoms with E-state index in [0.717, 1.165) is 5.56 Å². The molecule has 4 heteroatoms. The van der Waals surface area contributed by atoms with Crippen LogP contribution in [0.1, 0.15) is 16.7 Å². The van der Waals surface area contributed by atoms with Crippen molar-refractivity contribution in [1.82, 2.24) is 0 Å². The molecule has 19 heavy (non-hydrogen) atoms. The second-order valence-corrected chi connectivity index (χ2v) is 4.05. The van der Waals surface area contributed by atoms with Gasteiger partial charge in [-0.1, -0.05) is 48.5 Å². The van der Waals surface area contributed by atoms with Gasteiger partial charge in [-0.2, -0.15) is 13.2 Å². The molecule has 2 rings (SSSR count). The van der Waals surface area contributed by atoms with E-state index < -0.39 is 11.7 Å². The fourth-order valence-corrected chi connectivity index (χ4v) is 1.71. The summed E-state index contributed by atoms with van der Waals surface area (Å²) in [4.78, 5) is 0. The molecule has 0 amide bonds. The number of halogens is 3. The molecule has 1 nitrogen and oxygen atoms in total. The topological polar surface area (TPSA) is 9.23 Å². The summed E-state index contributed by atoms with van der Waals surface area (Å²) in [6, 6.07) is 15.7. The molecule has 0 aromatic heterocycles. The second-order valence-electron chi connectivity index (χ2n) is 4.05. The Morgan fingerprint density at radius 1 is 0.947 bits per heavy atom. The Bertz CT molecular complexity index is 520. The molecule has 0 atom stereocenters. The van der Waals surface area contributed by atoms with Crippen LogP contribution < -0.4 is 0 Å². The Kier molecular flexibility index (Phi) is 4.22. The van der Waals surface area contributed by atoms with Crippen LogP contribution in [0.3, 0.4) is 0 Å². The van der Waals surface area contributed by atoms with Crippen LogP contribution in [0.25, 0.3) is 0 Å². The maximum Gasteiger partial charge on any atom is 0.417 e. The van der Waals surface area contributed by atoms with Gasteiger partial charge in [0.1, 0.15) is 0 Å². The lowest BCUT2D eigenvalue weighted by Gasteiger charge is -2.12. The highest BCUT2D eigenvalue weighted by molar-refractivity contribution is 5.28. The molecule has 0 aliphatic heterocycles. The maximum absolute atomic E-state index is 12.7. The van der Waals surface area contributed by atoms with Crippen LogP contribution in [-0.4, -0.2) is 0 Å². The van der Waals surface area contributed by atoms with Crippen molar-refractivity contribution in [3.05, 3.63) is 71.3 Å². The lowest BCUT2D eigenvalue weighted by molar-refractivity contribution is -0.139. The Morgan fingerprint density at radius 3 is 2.37 bits per heavy atom. The van der Waals surface area contributed by atoms with E-state index in [1.807, 2.05) is 30.3 Å². The van der Waals surface area contributed by atoms with Gasteiger partial charge in [-0.25, -0.2) is 0 Å². The molecule has 1 radical (unpaired) electrons. The van der Waals surface area contributed by atoms with Gasteiger partial charge in [0.05, 0.1) is 18.8 Å². The molecule has 2 aromatic carbocycles. The van der Waals surface area contributed by atoms with Crippen molar-refractivity contribution in [3.63, 3.8) is 0 Å². The lowest BCUT2D eigenvalue weighted by Crippen LogP contribution is -2.10. The van der Waals surface area contributed by atoms with E-state index in [1.165, 1.54) is 18.2 Å². The van der Waals surface area contributed by atoms with Crippen LogP contribution in [0.15, 0.2) is 48.5 Å². The van der Waals surface area contributed by atoms with Crippen LogP contribution >= 0.6 is 0 Å². The van der Waals surface area contributed by atoms with E-state index in [2.05, 4.69) is 6.07 Å². The molecular weight excluding hydrogens is 253 g/mol. The third kappa shape index (κ3) is 3.83. The third-order valence-corrected chi connectivity index (χ3v) is 2.60. The first-order valence-corrected chi connectivity index (χ1v) is 5.76. The minimum Gasteiger partial charge on any atom is -0.372 e. The van der Waals surface area contributed by atoms with Gasteiger partial charge in [-0.15, -0.1) is 0 Å². The summed E-state index contributed by atoms with van der Waals surface area (Å²) in [6.07, 6.45) is -4.40. The number of benzene rings is 2. The van der Waals surface area contributed by atoms with E-state index in [9.17, 15) is 13.2 Å². The van der Waals surface area contributed by atoms with Crippen LogP contribution in [0.2, 0.25) is 0 Å². The molecule has 0 N–H and O–H groups in total. The zero-order valence-electron chi connectivity index (χ0n) is 10.1. The molecule has 0 spiro atoms. The molecule has 0 heterocycles. The molecule has 99 valence electrons. The van der Waals surface area contributed by atoms with Crippen molar-refractivity contribution >= 4 is 0 Å². The number of ether oxygens (including phenoxy) is 1. The summed E-state index contributed by atoms with van der Waals surface area (Å²) in [5.74, 6) is 0. The number of hydrogen-bond acceptors (Lipinski definition) is 1. The fourth-order valence-electron chi connectivity index (χ4n) is 1.71. The Labute approximate surface area is 109 Å². The van der Waals surface area contributed by atoms with Gasteiger partial charge in [-0.3, -0.25) is 0 Å². The fraction of sp³-hybridized carbons (Fsp3) is 0.200. The van der Waals surface area contributed by atoms with Crippen molar-refractivity contribution in [3.8, 4) is 0 Å². The Balaban J connectivity index is 2.00. The monoisotopic (exact) mass is 265 g/mol.